The second kappa shape index (κ2) is 4.27. The van der Waals surface area contributed by atoms with Gasteiger partial charge in [-0.1, -0.05) is 29.8 Å². The van der Waals surface area contributed by atoms with Gasteiger partial charge < -0.3 is 5.32 Å². The normalized spacial score (nSPS) is 10.8. The maximum atomic E-state index is 6.07. The van der Waals surface area contributed by atoms with Crippen LogP contribution in [0.2, 0.25) is 5.15 Å². The third kappa shape index (κ3) is 2.00. The fourth-order valence-corrected chi connectivity index (χ4v) is 1.92. The summed E-state index contributed by atoms with van der Waals surface area (Å²) in [4.78, 5) is 8.54. The Morgan fingerprint density at radius 1 is 1.17 bits per heavy atom. The lowest BCUT2D eigenvalue weighted by Gasteiger charge is -1.99. The second-order valence-corrected chi connectivity index (χ2v) is 4.25. The van der Waals surface area contributed by atoms with E-state index in [1.165, 1.54) is 4.52 Å². The third-order valence-electron chi connectivity index (χ3n) is 2.43. The predicted octanol–water partition coefficient (Wildman–Crippen LogP) is 2.83. The fourth-order valence-electron chi connectivity index (χ4n) is 1.65. The van der Waals surface area contributed by atoms with Gasteiger partial charge in [0.15, 0.2) is 0 Å². The van der Waals surface area contributed by atoms with E-state index in [4.69, 9.17) is 11.6 Å². The molecule has 0 radical (unpaired) electrons. The smallest absolute Gasteiger partial charge is 0.255 e. The van der Waals surface area contributed by atoms with Crippen molar-refractivity contribution in [2.24, 2.45) is 0 Å². The molecule has 0 aliphatic carbocycles. The van der Waals surface area contributed by atoms with Crippen LogP contribution in [0, 0.1) is 6.92 Å². The van der Waals surface area contributed by atoms with Crippen LogP contribution < -0.4 is 5.32 Å². The Labute approximate surface area is 108 Å². The summed E-state index contributed by atoms with van der Waals surface area (Å²) in [5, 5.41) is 7.84. The lowest BCUT2D eigenvalue weighted by Crippen LogP contribution is -1.95. The molecule has 3 aromatic rings. The summed E-state index contributed by atoms with van der Waals surface area (Å²) in [7, 11) is 0. The number of para-hydroxylation sites is 1. The SMILES string of the molecule is Cc1cc(Cl)n2nc(Nc3ccccc3)nc2n1. The lowest BCUT2D eigenvalue weighted by molar-refractivity contribution is 0.932. The molecule has 0 aliphatic rings. The van der Waals surface area contributed by atoms with Gasteiger partial charge in [-0.05, 0) is 25.1 Å². The van der Waals surface area contributed by atoms with Crippen molar-refractivity contribution in [1.29, 1.82) is 0 Å². The minimum absolute atomic E-state index is 0.473. The highest BCUT2D eigenvalue weighted by molar-refractivity contribution is 6.29. The van der Waals surface area contributed by atoms with Crippen molar-refractivity contribution in [3.63, 3.8) is 0 Å². The Balaban J connectivity index is 2.01. The molecule has 18 heavy (non-hydrogen) atoms. The summed E-state index contributed by atoms with van der Waals surface area (Å²) >= 11 is 6.07. The predicted molar refractivity (Wildman–Crippen MR) is 70.3 cm³/mol. The maximum absolute atomic E-state index is 6.07. The Morgan fingerprint density at radius 2 is 1.94 bits per heavy atom. The van der Waals surface area contributed by atoms with Crippen LogP contribution >= 0.6 is 11.6 Å². The quantitative estimate of drug-likeness (QED) is 0.719. The molecule has 0 bridgehead atoms. The van der Waals surface area contributed by atoms with Crippen LogP contribution in [0.15, 0.2) is 36.4 Å². The van der Waals surface area contributed by atoms with Crippen molar-refractivity contribution in [3.05, 3.63) is 47.2 Å². The zero-order valence-electron chi connectivity index (χ0n) is 9.63. The summed E-state index contributed by atoms with van der Waals surface area (Å²) in [5.74, 6) is 0.958. The van der Waals surface area contributed by atoms with E-state index in [0.29, 0.717) is 16.9 Å². The van der Waals surface area contributed by atoms with E-state index in [2.05, 4.69) is 20.4 Å². The van der Waals surface area contributed by atoms with E-state index < -0.39 is 0 Å². The summed E-state index contributed by atoms with van der Waals surface area (Å²) in [5.41, 5.74) is 1.73. The molecule has 0 unspecified atom stereocenters. The van der Waals surface area contributed by atoms with Crippen LogP contribution in [0.25, 0.3) is 5.78 Å². The molecule has 0 aliphatic heterocycles. The highest BCUT2D eigenvalue weighted by Gasteiger charge is 2.08. The highest BCUT2D eigenvalue weighted by atomic mass is 35.5. The van der Waals surface area contributed by atoms with E-state index in [0.717, 1.165) is 11.4 Å². The van der Waals surface area contributed by atoms with Crippen LogP contribution in [0.5, 0.6) is 0 Å². The zero-order valence-corrected chi connectivity index (χ0v) is 10.4. The van der Waals surface area contributed by atoms with Crippen molar-refractivity contribution in [2.75, 3.05) is 5.32 Å². The number of nitrogens with zero attached hydrogens (tertiary/aromatic N) is 4. The molecule has 6 heteroatoms. The number of anilines is 2. The largest absolute Gasteiger partial charge is 0.323 e. The van der Waals surface area contributed by atoms with Crippen LogP contribution in [-0.4, -0.2) is 19.6 Å². The van der Waals surface area contributed by atoms with Gasteiger partial charge in [-0.15, -0.1) is 5.10 Å². The molecule has 0 atom stereocenters. The molecule has 0 saturated heterocycles. The Hall–Kier alpha value is -2.14. The van der Waals surface area contributed by atoms with Gasteiger partial charge >= 0.3 is 0 Å². The Kier molecular flexibility index (Phi) is 2.60. The van der Waals surface area contributed by atoms with Gasteiger partial charge in [0.05, 0.1) is 0 Å². The maximum Gasteiger partial charge on any atom is 0.255 e. The van der Waals surface area contributed by atoms with Gasteiger partial charge in [-0.3, -0.25) is 0 Å². The van der Waals surface area contributed by atoms with E-state index in [-0.39, 0.29) is 0 Å². The molecule has 90 valence electrons. The second-order valence-electron chi connectivity index (χ2n) is 3.86. The summed E-state index contributed by atoms with van der Waals surface area (Å²) < 4.78 is 1.50. The van der Waals surface area contributed by atoms with Gasteiger partial charge in [0.1, 0.15) is 5.15 Å². The summed E-state index contributed by atoms with van der Waals surface area (Å²) in [6.45, 7) is 1.87. The number of hydrogen-bond donors (Lipinski definition) is 1. The van der Waals surface area contributed by atoms with Gasteiger partial charge in [-0.2, -0.15) is 9.50 Å². The van der Waals surface area contributed by atoms with E-state index in [9.17, 15) is 0 Å². The van der Waals surface area contributed by atoms with E-state index >= 15 is 0 Å². The standard InChI is InChI=1S/C12H10ClN5/c1-8-7-10(13)18-12(14-8)16-11(17-18)15-9-5-3-2-4-6-9/h2-7H,1H3,(H,15,17). The average molecular weight is 260 g/mol. The highest BCUT2D eigenvalue weighted by Crippen LogP contribution is 2.16. The molecule has 3 rings (SSSR count). The van der Waals surface area contributed by atoms with Crippen LogP contribution in [0.1, 0.15) is 5.69 Å². The number of benzene rings is 1. The Bertz CT molecular complexity index is 692. The van der Waals surface area contributed by atoms with Crippen LogP contribution in [-0.2, 0) is 0 Å². The number of hydrogen-bond acceptors (Lipinski definition) is 4. The summed E-state index contributed by atoms with van der Waals surface area (Å²) in [6.07, 6.45) is 0. The van der Waals surface area contributed by atoms with E-state index in [1.54, 1.807) is 6.07 Å². The van der Waals surface area contributed by atoms with Crippen LogP contribution in [0.3, 0.4) is 0 Å². The van der Waals surface area contributed by atoms with Crippen molar-refractivity contribution < 1.29 is 0 Å². The molecule has 2 heterocycles. The molecular weight excluding hydrogens is 250 g/mol. The number of aromatic nitrogens is 4. The average Bonchev–Trinajstić information content (AvgIpc) is 2.73. The topological polar surface area (TPSA) is 55.1 Å². The van der Waals surface area contributed by atoms with E-state index in [1.807, 2.05) is 37.3 Å². The van der Waals surface area contributed by atoms with Crippen LogP contribution in [0.4, 0.5) is 11.6 Å². The van der Waals surface area contributed by atoms with Gasteiger partial charge in [0, 0.05) is 11.4 Å². The molecule has 0 saturated carbocycles. The monoisotopic (exact) mass is 259 g/mol. The first-order valence-corrected chi connectivity index (χ1v) is 5.82. The zero-order chi connectivity index (χ0) is 12.5. The first-order valence-electron chi connectivity index (χ1n) is 5.44. The lowest BCUT2D eigenvalue weighted by atomic mass is 10.3. The van der Waals surface area contributed by atoms with Crippen molar-refractivity contribution >= 4 is 29.0 Å². The number of rotatable bonds is 2. The Morgan fingerprint density at radius 3 is 2.72 bits per heavy atom. The minimum atomic E-state index is 0.473. The van der Waals surface area contributed by atoms with Crippen molar-refractivity contribution in [2.45, 2.75) is 6.92 Å². The number of aryl methyl sites for hydroxylation is 1. The molecule has 1 N–H and O–H groups in total. The molecule has 0 spiro atoms. The van der Waals surface area contributed by atoms with Crippen molar-refractivity contribution in [1.82, 2.24) is 19.6 Å². The first kappa shape index (κ1) is 11.0. The third-order valence-corrected chi connectivity index (χ3v) is 2.70. The molecule has 0 amide bonds. The number of fused-ring (bicyclic) bond motifs is 1. The molecule has 1 aromatic carbocycles. The molecular formula is C12H10ClN5. The molecule has 0 fully saturated rings. The fraction of sp³-hybridized carbons (Fsp3) is 0.0833. The van der Waals surface area contributed by atoms with Crippen molar-refractivity contribution in [3.8, 4) is 0 Å². The number of halogens is 1. The molecule has 5 nitrogen and oxygen atoms in total. The first-order chi connectivity index (χ1) is 8.72. The van der Waals surface area contributed by atoms with Gasteiger partial charge in [0.25, 0.3) is 5.78 Å². The van der Waals surface area contributed by atoms with Gasteiger partial charge in [-0.25, -0.2) is 4.98 Å². The summed E-state index contributed by atoms with van der Waals surface area (Å²) in [6, 6.07) is 11.4. The minimum Gasteiger partial charge on any atom is -0.323 e. The molecule has 2 aromatic heterocycles. The van der Waals surface area contributed by atoms with Gasteiger partial charge in [0.2, 0.25) is 5.95 Å². The number of nitrogens with one attached hydrogen (secondary N) is 1.